The Balaban J connectivity index is 2.32. The quantitative estimate of drug-likeness (QED) is 0.489. The third-order valence-corrected chi connectivity index (χ3v) is 3.93. The fraction of sp³-hybridized carbons (Fsp3) is 0.143. The van der Waals surface area contributed by atoms with Crippen LogP contribution < -0.4 is 0 Å². The Bertz CT molecular complexity index is 612. The standard InChI is InChI=1S/C14H12BrIN2O/c1-2-9-7-12(15)14(19)13(8-9)18-17-11-5-3-10(16)4-6-11/h3-8,19H,2H2,1H3. The van der Waals surface area contributed by atoms with E-state index in [1.807, 2.05) is 36.4 Å². The van der Waals surface area contributed by atoms with Gasteiger partial charge in [0.25, 0.3) is 0 Å². The van der Waals surface area contributed by atoms with Crippen molar-refractivity contribution in [1.82, 2.24) is 0 Å². The first-order valence-electron chi connectivity index (χ1n) is 5.79. The molecule has 2 aromatic rings. The van der Waals surface area contributed by atoms with Crippen LogP contribution in [0.25, 0.3) is 0 Å². The number of aromatic hydroxyl groups is 1. The summed E-state index contributed by atoms with van der Waals surface area (Å²) in [6.45, 7) is 2.05. The van der Waals surface area contributed by atoms with Crippen molar-refractivity contribution in [3.05, 3.63) is 50.0 Å². The highest BCUT2D eigenvalue weighted by atomic mass is 127. The lowest BCUT2D eigenvalue weighted by Gasteiger charge is -2.04. The SMILES string of the molecule is CCc1cc(Br)c(O)c(N=Nc2ccc(I)cc2)c1. The number of rotatable bonds is 3. The average Bonchev–Trinajstić information content (AvgIpc) is 2.42. The molecule has 0 unspecified atom stereocenters. The highest BCUT2D eigenvalue weighted by Gasteiger charge is 2.07. The van der Waals surface area contributed by atoms with Crippen LogP contribution >= 0.6 is 38.5 Å². The number of benzene rings is 2. The number of aryl methyl sites for hydroxylation is 1. The van der Waals surface area contributed by atoms with Crippen molar-refractivity contribution < 1.29 is 5.11 Å². The first-order chi connectivity index (χ1) is 9.10. The second-order valence-electron chi connectivity index (χ2n) is 3.98. The van der Waals surface area contributed by atoms with Gasteiger partial charge in [-0.05, 0) is 86.9 Å². The Kier molecular flexibility index (Phi) is 4.93. The Labute approximate surface area is 134 Å². The summed E-state index contributed by atoms with van der Waals surface area (Å²) in [7, 11) is 0. The molecule has 5 heteroatoms. The highest BCUT2D eigenvalue weighted by molar-refractivity contribution is 14.1. The molecule has 0 aliphatic rings. The largest absolute Gasteiger partial charge is 0.505 e. The molecule has 0 saturated carbocycles. The number of halogens is 2. The van der Waals surface area contributed by atoms with Crippen molar-refractivity contribution in [3.63, 3.8) is 0 Å². The maximum absolute atomic E-state index is 9.94. The van der Waals surface area contributed by atoms with E-state index >= 15 is 0 Å². The fourth-order valence-corrected chi connectivity index (χ4v) is 2.40. The number of phenols is 1. The van der Waals surface area contributed by atoms with Gasteiger partial charge >= 0.3 is 0 Å². The van der Waals surface area contributed by atoms with E-state index in [0.717, 1.165) is 21.2 Å². The Morgan fingerprint density at radius 3 is 2.47 bits per heavy atom. The van der Waals surface area contributed by atoms with E-state index in [1.165, 1.54) is 0 Å². The fourth-order valence-electron chi connectivity index (χ4n) is 1.54. The zero-order valence-electron chi connectivity index (χ0n) is 10.3. The molecule has 1 N–H and O–H groups in total. The Morgan fingerprint density at radius 1 is 1.16 bits per heavy atom. The molecule has 0 aliphatic heterocycles. The van der Waals surface area contributed by atoms with E-state index in [2.05, 4.69) is 55.7 Å². The van der Waals surface area contributed by atoms with Gasteiger partial charge in [0.05, 0.1) is 10.2 Å². The molecule has 2 aromatic carbocycles. The first-order valence-corrected chi connectivity index (χ1v) is 7.66. The van der Waals surface area contributed by atoms with E-state index < -0.39 is 0 Å². The molecule has 0 aliphatic carbocycles. The molecule has 0 saturated heterocycles. The lowest BCUT2D eigenvalue weighted by molar-refractivity contribution is 0.473. The van der Waals surface area contributed by atoms with Gasteiger partial charge in [0.1, 0.15) is 5.69 Å². The van der Waals surface area contributed by atoms with Crippen LogP contribution in [0.2, 0.25) is 0 Å². The van der Waals surface area contributed by atoms with Gasteiger partial charge in [-0.2, -0.15) is 5.11 Å². The molecule has 0 radical (unpaired) electrons. The summed E-state index contributed by atoms with van der Waals surface area (Å²) in [5, 5.41) is 18.2. The summed E-state index contributed by atoms with van der Waals surface area (Å²) in [5.41, 5.74) is 2.34. The van der Waals surface area contributed by atoms with Crippen molar-refractivity contribution in [2.45, 2.75) is 13.3 Å². The molecule has 2 rings (SSSR count). The zero-order chi connectivity index (χ0) is 13.8. The summed E-state index contributed by atoms with van der Waals surface area (Å²) in [6.07, 6.45) is 0.880. The van der Waals surface area contributed by atoms with Crippen molar-refractivity contribution in [3.8, 4) is 5.75 Å². The van der Waals surface area contributed by atoms with E-state index in [1.54, 1.807) is 0 Å². The molecule has 0 bridgehead atoms. The predicted molar refractivity (Wildman–Crippen MR) is 88.5 cm³/mol. The van der Waals surface area contributed by atoms with E-state index in [4.69, 9.17) is 0 Å². The number of hydrogen-bond acceptors (Lipinski definition) is 3. The molecule has 19 heavy (non-hydrogen) atoms. The van der Waals surface area contributed by atoms with Crippen LogP contribution in [-0.4, -0.2) is 5.11 Å². The lowest BCUT2D eigenvalue weighted by atomic mass is 10.1. The third-order valence-electron chi connectivity index (χ3n) is 2.61. The molecule has 98 valence electrons. The number of nitrogens with zero attached hydrogens (tertiary/aromatic N) is 2. The molecular formula is C14H12BrIN2O. The van der Waals surface area contributed by atoms with Crippen LogP contribution in [0.1, 0.15) is 12.5 Å². The van der Waals surface area contributed by atoms with Gasteiger partial charge in [-0.25, -0.2) is 0 Å². The van der Waals surface area contributed by atoms with Gasteiger partial charge in [0, 0.05) is 3.57 Å². The molecule has 3 nitrogen and oxygen atoms in total. The lowest BCUT2D eigenvalue weighted by Crippen LogP contribution is -1.81. The van der Waals surface area contributed by atoms with E-state index in [0.29, 0.717) is 10.2 Å². The van der Waals surface area contributed by atoms with Gasteiger partial charge in [-0.15, -0.1) is 5.11 Å². The van der Waals surface area contributed by atoms with Crippen molar-refractivity contribution in [1.29, 1.82) is 0 Å². The van der Waals surface area contributed by atoms with Crippen LogP contribution in [0.4, 0.5) is 11.4 Å². The average molecular weight is 431 g/mol. The molecule has 0 amide bonds. The molecule has 0 fully saturated rings. The summed E-state index contributed by atoms with van der Waals surface area (Å²) >= 11 is 5.56. The van der Waals surface area contributed by atoms with Gasteiger partial charge in [-0.1, -0.05) is 6.92 Å². The normalized spacial score (nSPS) is 11.1. The Morgan fingerprint density at radius 2 is 1.84 bits per heavy atom. The zero-order valence-corrected chi connectivity index (χ0v) is 14.0. The minimum absolute atomic E-state index is 0.117. The second-order valence-corrected chi connectivity index (χ2v) is 6.08. The van der Waals surface area contributed by atoms with Crippen LogP contribution in [0.3, 0.4) is 0 Å². The number of hydrogen-bond donors (Lipinski definition) is 1. The smallest absolute Gasteiger partial charge is 0.157 e. The van der Waals surface area contributed by atoms with Crippen LogP contribution in [-0.2, 0) is 6.42 Å². The molecule has 0 spiro atoms. The van der Waals surface area contributed by atoms with E-state index in [9.17, 15) is 5.11 Å². The van der Waals surface area contributed by atoms with Gasteiger partial charge in [0.2, 0.25) is 0 Å². The van der Waals surface area contributed by atoms with Gasteiger partial charge in [-0.3, -0.25) is 0 Å². The summed E-state index contributed by atoms with van der Waals surface area (Å²) in [5.74, 6) is 0.117. The monoisotopic (exact) mass is 430 g/mol. The maximum Gasteiger partial charge on any atom is 0.157 e. The van der Waals surface area contributed by atoms with Crippen LogP contribution in [0.15, 0.2) is 51.1 Å². The van der Waals surface area contributed by atoms with Crippen LogP contribution in [0, 0.1) is 3.57 Å². The second kappa shape index (κ2) is 6.47. The molecule has 0 aromatic heterocycles. The van der Waals surface area contributed by atoms with E-state index in [-0.39, 0.29) is 5.75 Å². The Hall–Kier alpha value is -0.950. The first kappa shape index (κ1) is 14.5. The summed E-state index contributed by atoms with van der Waals surface area (Å²) in [4.78, 5) is 0. The maximum atomic E-state index is 9.94. The topological polar surface area (TPSA) is 45.0 Å². The van der Waals surface area contributed by atoms with Gasteiger partial charge in [0.15, 0.2) is 5.75 Å². The van der Waals surface area contributed by atoms with Crippen molar-refractivity contribution in [2.24, 2.45) is 10.2 Å². The van der Waals surface area contributed by atoms with Crippen molar-refractivity contribution in [2.75, 3.05) is 0 Å². The number of phenolic OH excluding ortho intramolecular Hbond substituents is 1. The third kappa shape index (κ3) is 3.76. The molecular weight excluding hydrogens is 419 g/mol. The summed E-state index contributed by atoms with van der Waals surface area (Å²) in [6, 6.07) is 11.4. The minimum Gasteiger partial charge on any atom is -0.505 e. The summed E-state index contributed by atoms with van der Waals surface area (Å²) < 4.78 is 1.79. The predicted octanol–water partition coefficient (Wildman–Crippen LogP) is 5.74. The minimum atomic E-state index is 0.117. The highest BCUT2D eigenvalue weighted by Crippen LogP contribution is 2.36. The number of azo groups is 1. The molecule has 0 atom stereocenters. The van der Waals surface area contributed by atoms with Crippen LogP contribution in [0.5, 0.6) is 5.75 Å². The van der Waals surface area contributed by atoms with Crippen molar-refractivity contribution >= 4 is 49.9 Å². The molecule has 0 heterocycles. The van der Waals surface area contributed by atoms with Gasteiger partial charge < -0.3 is 5.11 Å².